The second-order valence-electron chi connectivity index (χ2n) is 7.67. The van der Waals surface area contributed by atoms with E-state index in [0.717, 1.165) is 25.9 Å². The molecule has 0 radical (unpaired) electrons. The molecule has 9 heteroatoms. The van der Waals surface area contributed by atoms with Crippen molar-refractivity contribution in [2.75, 3.05) is 44.7 Å². The zero-order chi connectivity index (χ0) is 20.3. The number of benzene rings is 1. The maximum atomic E-state index is 14.5. The summed E-state index contributed by atoms with van der Waals surface area (Å²) in [4.78, 5) is 16.4. The third-order valence-corrected chi connectivity index (χ3v) is 7.71. The fourth-order valence-corrected chi connectivity index (χ4v) is 6.14. The highest BCUT2D eigenvalue weighted by atomic mass is 35.5. The lowest BCUT2D eigenvalue weighted by Gasteiger charge is -2.30. The monoisotopic (exact) mass is 431 g/mol. The van der Waals surface area contributed by atoms with Crippen molar-refractivity contribution < 1.29 is 17.6 Å². The third kappa shape index (κ3) is 5.23. The molecule has 0 bridgehead atoms. The third-order valence-electron chi connectivity index (χ3n) is 5.63. The molecule has 0 aliphatic carbocycles. The fourth-order valence-electron chi connectivity index (χ4n) is 4.04. The molecule has 2 atom stereocenters. The van der Waals surface area contributed by atoms with Crippen molar-refractivity contribution >= 4 is 27.3 Å². The normalized spacial score (nSPS) is 23.2. The largest absolute Gasteiger partial charge is 0.353 e. The zero-order valence-corrected chi connectivity index (χ0v) is 17.6. The molecule has 2 fully saturated rings. The fraction of sp³-hybridized carbons (Fsp3) is 0.632. The molecule has 156 valence electrons. The van der Waals surface area contributed by atoms with Gasteiger partial charge < -0.3 is 5.32 Å². The Balaban J connectivity index is 1.63. The van der Waals surface area contributed by atoms with Gasteiger partial charge in [-0.3, -0.25) is 14.6 Å². The number of hydrogen-bond acceptors (Lipinski definition) is 5. The van der Waals surface area contributed by atoms with E-state index in [-0.39, 0.29) is 48.4 Å². The highest BCUT2D eigenvalue weighted by Gasteiger charge is 2.32. The van der Waals surface area contributed by atoms with Gasteiger partial charge in [-0.15, -0.1) is 0 Å². The van der Waals surface area contributed by atoms with Crippen LogP contribution in [0.4, 0.5) is 4.39 Å². The number of nitrogens with zero attached hydrogens (tertiary/aromatic N) is 2. The molecule has 2 heterocycles. The molecule has 1 aromatic rings. The maximum Gasteiger partial charge on any atom is 0.234 e. The summed E-state index contributed by atoms with van der Waals surface area (Å²) in [5, 5.41) is 3.25. The lowest BCUT2D eigenvalue weighted by atomic mass is 10.0. The van der Waals surface area contributed by atoms with Crippen LogP contribution in [0.3, 0.4) is 0 Å². The smallest absolute Gasteiger partial charge is 0.234 e. The summed E-state index contributed by atoms with van der Waals surface area (Å²) in [6, 6.07) is 4.17. The first-order chi connectivity index (χ1) is 13.3. The SMILES string of the molecule is CN(CC(=O)NC[C@H](c1c(F)cccc1Cl)N1CCCC1)[C@H]1CCS(=O)(=O)C1. The Bertz CT molecular complexity index is 794. The maximum absolute atomic E-state index is 14.5. The summed E-state index contributed by atoms with van der Waals surface area (Å²) in [5.74, 6) is -0.305. The average molecular weight is 432 g/mol. The second-order valence-corrected chi connectivity index (χ2v) is 10.3. The van der Waals surface area contributed by atoms with Gasteiger partial charge in [0.2, 0.25) is 5.91 Å². The highest BCUT2D eigenvalue weighted by molar-refractivity contribution is 7.91. The van der Waals surface area contributed by atoms with Crippen LogP contribution >= 0.6 is 11.6 Å². The lowest BCUT2D eigenvalue weighted by Crippen LogP contribution is -2.44. The first-order valence-corrected chi connectivity index (χ1v) is 11.8. The minimum atomic E-state index is -3.00. The molecule has 2 aliphatic rings. The van der Waals surface area contributed by atoms with E-state index in [0.29, 0.717) is 17.0 Å². The molecule has 0 saturated carbocycles. The van der Waals surface area contributed by atoms with E-state index in [2.05, 4.69) is 10.2 Å². The number of sulfone groups is 1. The topological polar surface area (TPSA) is 69.7 Å². The molecular formula is C19H27ClFN3O3S. The van der Waals surface area contributed by atoms with Gasteiger partial charge in [0.15, 0.2) is 9.84 Å². The summed E-state index contributed by atoms with van der Waals surface area (Å²) < 4.78 is 37.7. The number of likely N-dealkylation sites (tertiary alicyclic amines) is 1. The van der Waals surface area contributed by atoms with E-state index < -0.39 is 9.84 Å². The Labute approximate surface area is 170 Å². The number of nitrogens with one attached hydrogen (secondary N) is 1. The lowest BCUT2D eigenvalue weighted by molar-refractivity contribution is -0.122. The zero-order valence-electron chi connectivity index (χ0n) is 16.0. The number of hydrogen-bond donors (Lipinski definition) is 1. The molecule has 0 spiro atoms. The molecule has 1 amide bonds. The van der Waals surface area contributed by atoms with E-state index in [9.17, 15) is 17.6 Å². The van der Waals surface area contributed by atoms with Crippen molar-refractivity contribution in [3.05, 3.63) is 34.6 Å². The van der Waals surface area contributed by atoms with Crippen LogP contribution in [-0.4, -0.2) is 74.9 Å². The van der Waals surface area contributed by atoms with Crippen LogP contribution in [0.1, 0.15) is 30.9 Å². The van der Waals surface area contributed by atoms with E-state index >= 15 is 0 Å². The van der Waals surface area contributed by atoms with Crippen LogP contribution in [0, 0.1) is 5.82 Å². The van der Waals surface area contributed by atoms with Gasteiger partial charge in [0.25, 0.3) is 0 Å². The summed E-state index contributed by atoms with van der Waals surface area (Å²) in [6.45, 7) is 2.05. The van der Waals surface area contributed by atoms with Crippen LogP contribution in [0.5, 0.6) is 0 Å². The standard InChI is InChI=1S/C19H27ClFN3O3S/c1-23(14-7-10-28(26,27)13-14)12-18(25)22-11-17(24-8-2-3-9-24)19-15(20)5-4-6-16(19)21/h4-6,14,17H,2-3,7-13H2,1H3,(H,22,25)/t14-,17+/m0/s1. The average Bonchev–Trinajstić information content (AvgIpc) is 3.27. The van der Waals surface area contributed by atoms with Crippen LogP contribution in [0.25, 0.3) is 0 Å². The highest BCUT2D eigenvalue weighted by Crippen LogP contribution is 2.32. The van der Waals surface area contributed by atoms with E-state index in [1.54, 1.807) is 24.1 Å². The summed E-state index contributed by atoms with van der Waals surface area (Å²) in [6.07, 6.45) is 2.62. The molecule has 2 aliphatic heterocycles. The van der Waals surface area contributed by atoms with Crippen LogP contribution in [0.2, 0.25) is 5.02 Å². The molecule has 1 N–H and O–H groups in total. The van der Waals surface area contributed by atoms with Crippen molar-refractivity contribution in [2.24, 2.45) is 0 Å². The van der Waals surface area contributed by atoms with Crippen molar-refractivity contribution in [3.8, 4) is 0 Å². The molecular weight excluding hydrogens is 405 g/mol. The van der Waals surface area contributed by atoms with Crippen LogP contribution in [0.15, 0.2) is 18.2 Å². The number of likely N-dealkylation sites (N-methyl/N-ethyl adjacent to an activating group) is 1. The number of amides is 1. The first kappa shape index (κ1) is 21.5. The number of carbonyl (C=O) groups excluding carboxylic acids is 1. The Morgan fingerprint density at radius 2 is 2.11 bits per heavy atom. The van der Waals surface area contributed by atoms with Gasteiger partial charge in [-0.1, -0.05) is 17.7 Å². The molecule has 0 unspecified atom stereocenters. The summed E-state index contributed by atoms with van der Waals surface area (Å²) >= 11 is 6.27. The number of rotatable bonds is 7. The van der Waals surface area contributed by atoms with Gasteiger partial charge in [-0.05, 0) is 51.5 Å². The Hall–Kier alpha value is -1.22. The quantitative estimate of drug-likeness (QED) is 0.713. The molecule has 2 saturated heterocycles. The first-order valence-electron chi connectivity index (χ1n) is 9.62. The van der Waals surface area contributed by atoms with Crippen molar-refractivity contribution in [2.45, 2.75) is 31.3 Å². The molecule has 6 nitrogen and oxygen atoms in total. The summed E-state index contributed by atoms with van der Waals surface area (Å²) in [7, 11) is -1.23. The summed E-state index contributed by atoms with van der Waals surface area (Å²) in [5.41, 5.74) is 0.418. The second kappa shape index (κ2) is 9.07. The number of halogens is 2. The molecule has 0 aromatic heterocycles. The predicted molar refractivity (Wildman–Crippen MR) is 108 cm³/mol. The van der Waals surface area contributed by atoms with Crippen molar-refractivity contribution in [1.29, 1.82) is 0 Å². The van der Waals surface area contributed by atoms with E-state index in [1.807, 2.05) is 0 Å². The van der Waals surface area contributed by atoms with Crippen molar-refractivity contribution in [3.63, 3.8) is 0 Å². The van der Waals surface area contributed by atoms with Gasteiger partial charge in [-0.25, -0.2) is 12.8 Å². The Morgan fingerprint density at radius 1 is 1.39 bits per heavy atom. The minimum absolute atomic E-state index is 0.0953. The molecule has 1 aromatic carbocycles. The number of carbonyl (C=O) groups is 1. The van der Waals surface area contributed by atoms with Gasteiger partial charge in [-0.2, -0.15) is 0 Å². The predicted octanol–water partition coefficient (Wildman–Crippen LogP) is 1.85. The molecule has 3 rings (SSSR count). The van der Waals surface area contributed by atoms with Gasteiger partial charge in [0, 0.05) is 23.2 Å². The van der Waals surface area contributed by atoms with Crippen LogP contribution in [-0.2, 0) is 14.6 Å². The Morgan fingerprint density at radius 3 is 2.71 bits per heavy atom. The van der Waals surface area contributed by atoms with Crippen molar-refractivity contribution in [1.82, 2.24) is 15.1 Å². The van der Waals surface area contributed by atoms with Gasteiger partial charge in [0.1, 0.15) is 5.82 Å². The van der Waals surface area contributed by atoms with E-state index in [1.165, 1.54) is 6.07 Å². The van der Waals surface area contributed by atoms with Gasteiger partial charge in [0.05, 0.1) is 24.1 Å². The van der Waals surface area contributed by atoms with Gasteiger partial charge >= 0.3 is 0 Å². The van der Waals surface area contributed by atoms with Crippen LogP contribution < -0.4 is 5.32 Å². The minimum Gasteiger partial charge on any atom is -0.353 e. The van der Waals surface area contributed by atoms with E-state index in [4.69, 9.17) is 11.6 Å². The molecule has 28 heavy (non-hydrogen) atoms. The Kier molecular flexibility index (Phi) is 6.96.